The summed E-state index contributed by atoms with van der Waals surface area (Å²) in [5.41, 5.74) is 6.40. The monoisotopic (exact) mass is 282 g/mol. The van der Waals surface area contributed by atoms with Gasteiger partial charge in [-0.05, 0) is 13.0 Å². The van der Waals surface area contributed by atoms with Crippen molar-refractivity contribution >= 4 is 17.2 Å². The van der Waals surface area contributed by atoms with Gasteiger partial charge < -0.3 is 20.6 Å². The molecule has 1 aromatic rings. The number of nitro groups is 1. The van der Waals surface area contributed by atoms with Crippen molar-refractivity contribution in [2.45, 2.75) is 6.92 Å². The van der Waals surface area contributed by atoms with E-state index in [1.807, 2.05) is 11.8 Å². The number of anilines is 1. The Balaban J connectivity index is 3.08. The van der Waals surface area contributed by atoms with Gasteiger partial charge in [0.1, 0.15) is 0 Å². The molecule has 0 bridgehead atoms. The standard InChI is InChI=1S/C12H18N4O4/c1-3-20-7-6-15(2)11-5-4-9(16(18)19)8-10(11)12(13)14-17/h4-5,8,17H,3,6-7H2,1-2H3,(H2,13,14). The molecule has 0 aliphatic rings. The summed E-state index contributed by atoms with van der Waals surface area (Å²) in [5.74, 6) is -0.174. The van der Waals surface area contributed by atoms with Crippen LogP contribution in [0.15, 0.2) is 23.4 Å². The first-order chi connectivity index (χ1) is 9.51. The Labute approximate surface area is 116 Å². The summed E-state index contributed by atoms with van der Waals surface area (Å²) in [6.07, 6.45) is 0. The minimum absolute atomic E-state index is 0.117. The van der Waals surface area contributed by atoms with Crippen LogP contribution in [0.5, 0.6) is 0 Å². The molecule has 0 unspecified atom stereocenters. The van der Waals surface area contributed by atoms with E-state index in [-0.39, 0.29) is 11.5 Å². The molecule has 0 aromatic heterocycles. The summed E-state index contributed by atoms with van der Waals surface area (Å²) < 4.78 is 5.25. The third kappa shape index (κ3) is 3.82. The van der Waals surface area contributed by atoms with Crippen molar-refractivity contribution < 1.29 is 14.9 Å². The van der Waals surface area contributed by atoms with Crippen molar-refractivity contribution in [3.05, 3.63) is 33.9 Å². The predicted molar refractivity (Wildman–Crippen MR) is 75.4 cm³/mol. The normalized spacial score (nSPS) is 11.4. The number of rotatable bonds is 7. The van der Waals surface area contributed by atoms with Crippen LogP contribution in [0.25, 0.3) is 0 Å². The van der Waals surface area contributed by atoms with E-state index in [1.54, 1.807) is 13.1 Å². The molecule has 0 saturated carbocycles. The smallest absolute Gasteiger partial charge is 0.270 e. The maximum atomic E-state index is 10.8. The quantitative estimate of drug-likeness (QED) is 0.194. The number of nitrogens with zero attached hydrogens (tertiary/aromatic N) is 3. The van der Waals surface area contributed by atoms with Crippen LogP contribution in [-0.2, 0) is 4.74 Å². The maximum Gasteiger partial charge on any atom is 0.270 e. The summed E-state index contributed by atoms with van der Waals surface area (Å²) in [5, 5.41) is 22.5. The van der Waals surface area contributed by atoms with Crippen LogP contribution in [0.4, 0.5) is 11.4 Å². The van der Waals surface area contributed by atoms with Crippen LogP contribution in [0, 0.1) is 10.1 Å². The average Bonchev–Trinajstić information content (AvgIpc) is 2.45. The number of nitro benzene ring substituents is 1. The Hall–Kier alpha value is -2.35. The Morgan fingerprint density at radius 3 is 2.85 bits per heavy atom. The molecule has 1 aromatic carbocycles. The molecule has 0 heterocycles. The molecule has 0 saturated heterocycles. The third-order valence-corrected chi connectivity index (χ3v) is 2.76. The van der Waals surface area contributed by atoms with E-state index in [9.17, 15) is 10.1 Å². The number of likely N-dealkylation sites (N-methyl/N-ethyl adjacent to an activating group) is 1. The maximum absolute atomic E-state index is 10.8. The SMILES string of the molecule is CCOCCN(C)c1ccc([N+](=O)[O-])cc1/C(N)=N/O. The lowest BCUT2D eigenvalue weighted by Crippen LogP contribution is -2.26. The van der Waals surface area contributed by atoms with Gasteiger partial charge in [-0.3, -0.25) is 10.1 Å². The first kappa shape index (κ1) is 15.7. The molecule has 0 fully saturated rings. The van der Waals surface area contributed by atoms with Gasteiger partial charge in [-0.2, -0.15) is 0 Å². The molecule has 0 aliphatic carbocycles. The summed E-state index contributed by atoms with van der Waals surface area (Å²) >= 11 is 0. The van der Waals surface area contributed by atoms with Gasteiger partial charge in [-0.25, -0.2) is 0 Å². The summed E-state index contributed by atoms with van der Waals surface area (Å²) in [6.45, 7) is 3.60. The second kappa shape index (κ2) is 7.29. The zero-order valence-electron chi connectivity index (χ0n) is 11.4. The first-order valence-electron chi connectivity index (χ1n) is 6.06. The molecule has 0 radical (unpaired) electrons. The fourth-order valence-electron chi connectivity index (χ4n) is 1.70. The number of hydrogen-bond acceptors (Lipinski definition) is 6. The van der Waals surface area contributed by atoms with Crippen LogP contribution < -0.4 is 10.6 Å². The highest BCUT2D eigenvalue weighted by atomic mass is 16.6. The van der Waals surface area contributed by atoms with Crippen molar-refractivity contribution in [2.75, 3.05) is 31.7 Å². The van der Waals surface area contributed by atoms with E-state index in [4.69, 9.17) is 15.7 Å². The lowest BCUT2D eigenvalue weighted by Gasteiger charge is -2.21. The van der Waals surface area contributed by atoms with E-state index in [0.717, 1.165) is 0 Å². The predicted octanol–water partition coefficient (Wildman–Crippen LogP) is 1.16. The van der Waals surface area contributed by atoms with Crippen molar-refractivity contribution in [3.8, 4) is 0 Å². The minimum atomic E-state index is -0.530. The van der Waals surface area contributed by atoms with Crippen LogP contribution in [0.1, 0.15) is 12.5 Å². The molecule has 110 valence electrons. The van der Waals surface area contributed by atoms with Crippen LogP contribution in [-0.4, -0.2) is 42.8 Å². The largest absolute Gasteiger partial charge is 0.409 e. The average molecular weight is 282 g/mol. The topological polar surface area (TPSA) is 114 Å². The molecule has 0 spiro atoms. The van der Waals surface area contributed by atoms with Gasteiger partial charge in [-0.15, -0.1) is 0 Å². The second-order valence-electron chi connectivity index (χ2n) is 4.06. The van der Waals surface area contributed by atoms with E-state index in [0.29, 0.717) is 31.0 Å². The van der Waals surface area contributed by atoms with E-state index < -0.39 is 4.92 Å². The van der Waals surface area contributed by atoms with Crippen LogP contribution in [0.3, 0.4) is 0 Å². The van der Waals surface area contributed by atoms with Gasteiger partial charge in [-0.1, -0.05) is 5.16 Å². The molecule has 0 atom stereocenters. The molecule has 3 N–H and O–H groups in total. The lowest BCUT2D eigenvalue weighted by atomic mass is 10.1. The molecule has 20 heavy (non-hydrogen) atoms. The zero-order chi connectivity index (χ0) is 15.1. The highest BCUT2D eigenvalue weighted by Gasteiger charge is 2.16. The van der Waals surface area contributed by atoms with Crippen molar-refractivity contribution in [1.82, 2.24) is 0 Å². The second-order valence-corrected chi connectivity index (χ2v) is 4.06. The number of non-ortho nitro benzene ring substituents is 1. The Morgan fingerprint density at radius 2 is 2.30 bits per heavy atom. The van der Waals surface area contributed by atoms with Gasteiger partial charge in [0.15, 0.2) is 5.84 Å². The molecule has 8 heteroatoms. The van der Waals surface area contributed by atoms with Crippen molar-refractivity contribution in [3.63, 3.8) is 0 Å². The first-order valence-corrected chi connectivity index (χ1v) is 6.06. The molecule has 0 amide bonds. The zero-order valence-corrected chi connectivity index (χ0v) is 11.4. The lowest BCUT2D eigenvalue weighted by molar-refractivity contribution is -0.384. The summed E-state index contributed by atoms with van der Waals surface area (Å²) in [4.78, 5) is 12.1. The number of ether oxygens (including phenoxy) is 1. The molecular formula is C12H18N4O4. The van der Waals surface area contributed by atoms with Gasteiger partial charge in [0, 0.05) is 38.0 Å². The fraction of sp³-hybridized carbons (Fsp3) is 0.417. The van der Waals surface area contributed by atoms with Crippen molar-refractivity contribution in [1.29, 1.82) is 0 Å². The third-order valence-electron chi connectivity index (χ3n) is 2.76. The van der Waals surface area contributed by atoms with Gasteiger partial charge in [0.25, 0.3) is 5.69 Å². The number of amidine groups is 1. The van der Waals surface area contributed by atoms with E-state index in [1.165, 1.54) is 12.1 Å². The number of nitrogens with two attached hydrogens (primary N) is 1. The molecule has 8 nitrogen and oxygen atoms in total. The number of hydrogen-bond donors (Lipinski definition) is 2. The molecular weight excluding hydrogens is 264 g/mol. The van der Waals surface area contributed by atoms with E-state index >= 15 is 0 Å². The van der Waals surface area contributed by atoms with Crippen molar-refractivity contribution in [2.24, 2.45) is 10.9 Å². The Bertz CT molecular complexity index is 504. The Kier molecular flexibility index (Phi) is 5.73. The highest BCUT2D eigenvalue weighted by molar-refractivity contribution is 6.02. The highest BCUT2D eigenvalue weighted by Crippen LogP contribution is 2.24. The van der Waals surface area contributed by atoms with Gasteiger partial charge >= 0.3 is 0 Å². The molecule has 1 rings (SSSR count). The van der Waals surface area contributed by atoms with Crippen LogP contribution in [0.2, 0.25) is 0 Å². The van der Waals surface area contributed by atoms with Gasteiger partial charge in [0.05, 0.1) is 17.1 Å². The number of benzene rings is 1. The van der Waals surface area contributed by atoms with Crippen LogP contribution >= 0.6 is 0 Å². The van der Waals surface area contributed by atoms with Gasteiger partial charge in [0.2, 0.25) is 0 Å². The Morgan fingerprint density at radius 1 is 1.60 bits per heavy atom. The minimum Gasteiger partial charge on any atom is -0.409 e. The summed E-state index contributed by atoms with van der Waals surface area (Å²) in [7, 11) is 1.80. The van der Waals surface area contributed by atoms with E-state index in [2.05, 4.69) is 5.16 Å². The fourth-order valence-corrected chi connectivity index (χ4v) is 1.70. The number of oxime groups is 1. The summed E-state index contributed by atoms with van der Waals surface area (Å²) in [6, 6.07) is 4.22. The molecule has 0 aliphatic heterocycles.